The van der Waals surface area contributed by atoms with Crippen LogP contribution in [0.25, 0.3) is 0 Å². The lowest BCUT2D eigenvalue weighted by Gasteiger charge is -2.24. The van der Waals surface area contributed by atoms with E-state index in [9.17, 15) is 4.79 Å². The number of hydrogen-bond acceptors (Lipinski definition) is 6. The van der Waals surface area contributed by atoms with Crippen LogP contribution < -0.4 is 14.8 Å². The largest absolute Gasteiger partial charge is 0.494 e. The van der Waals surface area contributed by atoms with Crippen molar-refractivity contribution >= 4 is 45.6 Å². The Labute approximate surface area is 177 Å². The first kappa shape index (κ1) is 20.1. The minimum Gasteiger partial charge on any atom is -0.494 e. The van der Waals surface area contributed by atoms with Crippen LogP contribution in [0.1, 0.15) is 16.8 Å². The second-order valence-corrected chi connectivity index (χ2v) is 6.72. The molecule has 0 unspecified atom stereocenters. The number of benzene rings is 2. The molecule has 0 saturated carbocycles. The van der Waals surface area contributed by atoms with Crippen LogP contribution in [-0.4, -0.2) is 35.6 Å². The molecular weight excluding hydrogens is 471 g/mol. The maximum Gasteiger partial charge on any atom is 0.254 e. The summed E-state index contributed by atoms with van der Waals surface area (Å²) in [6.07, 6.45) is 4.99. The second-order valence-electron chi connectivity index (χ2n) is 6.10. The number of carbonyl (C=O) groups excluding carboxylic acids is 1. The molecule has 2 N–H and O–H groups in total. The topological polar surface area (TPSA) is 87.0 Å². The number of amides is 1. The monoisotopic (exact) mass is 492 g/mol. The van der Waals surface area contributed by atoms with E-state index in [1.165, 1.54) is 7.11 Å². The zero-order valence-corrected chi connectivity index (χ0v) is 17.6. The Morgan fingerprint density at radius 1 is 1.25 bits per heavy atom. The number of anilines is 2. The zero-order valence-electron chi connectivity index (χ0n) is 15.4. The van der Waals surface area contributed by atoms with Crippen molar-refractivity contribution in [2.24, 2.45) is 5.11 Å². The van der Waals surface area contributed by atoms with Gasteiger partial charge in [-0.2, -0.15) is 5.11 Å². The standard InChI is InChI=1S/C20H21IN4O3/c1-27-18-12-15(6-8-17(18)24-22)23-16-7-5-14(11-19(16)28-13-21)20(26)25-9-3-2-4-10-25/h2-3,5-8,11-12,22-23H,4,9-10,13H2,1H3. The van der Waals surface area contributed by atoms with Crippen LogP contribution in [-0.2, 0) is 0 Å². The van der Waals surface area contributed by atoms with Crippen LogP contribution in [0.4, 0.5) is 17.1 Å². The van der Waals surface area contributed by atoms with E-state index < -0.39 is 0 Å². The Hall–Kier alpha value is -2.62. The molecule has 0 aliphatic carbocycles. The van der Waals surface area contributed by atoms with Gasteiger partial charge >= 0.3 is 0 Å². The van der Waals surface area contributed by atoms with Crippen molar-refractivity contribution in [3.8, 4) is 11.5 Å². The fourth-order valence-electron chi connectivity index (χ4n) is 2.95. The van der Waals surface area contributed by atoms with Crippen molar-refractivity contribution in [2.45, 2.75) is 6.42 Å². The van der Waals surface area contributed by atoms with Gasteiger partial charge in [-0.15, -0.1) is 0 Å². The summed E-state index contributed by atoms with van der Waals surface area (Å²) in [7, 11) is 1.54. The smallest absolute Gasteiger partial charge is 0.254 e. The van der Waals surface area contributed by atoms with Crippen LogP contribution >= 0.6 is 22.6 Å². The summed E-state index contributed by atoms with van der Waals surface area (Å²) < 4.78 is 11.5. The maximum absolute atomic E-state index is 12.7. The van der Waals surface area contributed by atoms with Crippen LogP contribution in [0.2, 0.25) is 0 Å². The van der Waals surface area contributed by atoms with E-state index in [1.54, 1.807) is 24.3 Å². The average molecular weight is 492 g/mol. The number of halogens is 1. The third kappa shape index (κ3) is 4.61. The van der Waals surface area contributed by atoms with Crippen LogP contribution in [0.15, 0.2) is 53.7 Å². The van der Waals surface area contributed by atoms with Crippen molar-refractivity contribution in [1.82, 2.24) is 4.90 Å². The van der Waals surface area contributed by atoms with Crippen molar-refractivity contribution < 1.29 is 14.3 Å². The van der Waals surface area contributed by atoms with E-state index in [1.807, 2.05) is 23.1 Å². The summed E-state index contributed by atoms with van der Waals surface area (Å²) in [5, 5.41) is 6.72. The predicted octanol–water partition coefficient (Wildman–Crippen LogP) is 5.27. The number of ether oxygens (including phenoxy) is 2. The Balaban J connectivity index is 1.86. The number of carbonyl (C=O) groups is 1. The molecule has 1 aliphatic heterocycles. The van der Waals surface area contributed by atoms with Crippen molar-refractivity contribution in [3.63, 3.8) is 0 Å². The Morgan fingerprint density at radius 2 is 2.11 bits per heavy atom. The number of rotatable bonds is 7. The summed E-state index contributed by atoms with van der Waals surface area (Å²) >= 11 is 2.12. The van der Waals surface area contributed by atoms with Gasteiger partial charge in [0, 0.05) is 30.4 Å². The third-order valence-electron chi connectivity index (χ3n) is 4.36. The molecule has 7 nitrogen and oxygen atoms in total. The Kier molecular flexibility index (Phi) is 6.85. The molecule has 8 heteroatoms. The van der Waals surface area contributed by atoms with E-state index in [4.69, 9.17) is 15.0 Å². The molecule has 3 rings (SSSR count). The number of methoxy groups -OCH3 is 1. The van der Waals surface area contributed by atoms with Crippen molar-refractivity contribution in [1.29, 1.82) is 5.53 Å². The number of alkyl halides is 1. The molecule has 1 aliphatic rings. The average Bonchev–Trinajstić information content (AvgIpc) is 2.75. The highest BCUT2D eigenvalue weighted by Gasteiger charge is 2.18. The molecule has 0 spiro atoms. The fourth-order valence-corrected chi connectivity index (χ4v) is 3.28. The molecule has 1 heterocycles. The number of nitrogens with one attached hydrogen (secondary N) is 2. The fraction of sp³-hybridized carbons (Fsp3) is 0.250. The van der Waals surface area contributed by atoms with E-state index in [2.05, 4.69) is 39.1 Å². The molecule has 1 amide bonds. The van der Waals surface area contributed by atoms with Crippen LogP contribution in [0.5, 0.6) is 11.5 Å². The van der Waals surface area contributed by atoms with E-state index in [-0.39, 0.29) is 5.91 Å². The first-order valence-electron chi connectivity index (χ1n) is 8.76. The highest BCUT2D eigenvalue weighted by Crippen LogP contribution is 2.34. The normalized spacial score (nSPS) is 13.1. The van der Waals surface area contributed by atoms with Crippen molar-refractivity contribution in [2.75, 3.05) is 30.1 Å². The summed E-state index contributed by atoms with van der Waals surface area (Å²) in [6.45, 7) is 1.36. The summed E-state index contributed by atoms with van der Waals surface area (Å²) in [6, 6.07) is 10.7. The molecule has 0 saturated heterocycles. The van der Waals surface area contributed by atoms with Gasteiger partial charge in [-0.3, -0.25) is 4.79 Å². The lowest BCUT2D eigenvalue weighted by atomic mass is 10.1. The first-order valence-corrected chi connectivity index (χ1v) is 10.3. The third-order valence-corrected chi connectivity index (χ3v) is 4.67. The molecule has 0 atom stereocenters. The zero-order chi connectivity index (χ0) is 19.9. The lowest BCUT2D eigenvalue weighted by Crippen LogP contribution is -2.33. The minimum absolute atomic E-state index is 0.00251. The number of nitrogens with zero attached hydrogens (tertiary/aromatic N) is 2. The highest BCUT2D eigenvalue weighted by atomic mass is 127. The molecule has 0 aromatic heterocycles. The molecular formula is C20H21IN4O3. The second kappa shape index (κ2) is 9.54. The Bertz CT molecular complexity index is 901. The molecule has 0 fully saturated rings. The van der Waals surface area contributed by atoms with E-state index >= 15 is 0 Å². The molecule has 0 radical (unpaired) electrons. The predicted molar refractivity (Wildman–Crippen MR) is 117 cm³/mol. The van der Waals surface area contributed by atoms with Gasteiger partial charge in [0.15, 0.2) is 0 Å². The summed E-state index contributed by atoms with van der Waals surface area (Å²) in [5.74, 6) is 1.10. The maximum atomic E-state index is 12.7. The Morgan fingerprint density at radius 3 is 2.79 bits per heavy atom. The van der Waals surface area contributed by atoms with Crippen LogP contribution in [0.3, 0.4) is 0 Å². The number of hydrogen-bond donors (Lipinski definition) is 2. The SMILES string of the molecule is COc1cc(Nc2ccc(C(=O)N3CC=CCC3)cc2OCI)ccc1N=N. The summed E-state index contributed by atoms with van der Waals surface area (Å²) in [4.78, 5) is 14.6. The molecule has 28 heavy (non-hydrogen) atoms. The van der Waals surface area contributed by atoms with Gasteiger partial charge in [-0.05, 0) is 59.3 Å². The van der Waals surface area contributed by atoms with Gasteiger partial charge in [0.2, 0.25) is 0 Å². The van der Waals surface area contributed by atoms with Gasteiger partial charge in [0.25, 0.3) is 5.91 Å². The molecule has 2 aromatic carbocycles. The van der Waals surface area contributed by atoms with Gasteiger partial charge in [-0.1, -0.05) is 12.2 Å². The molecule has 2 aromatic rings. The molecule has 0 bridgehead atoms. The highest BCUT2D eigenvalue weighted by molar-refractivity contribution is 14.1. The van der Waals surface area contributed by atoms with Gasteiger partial charge in [0.1, 0.15) is 21.8 Å². The van der Waals surface area contributed by atoms with Gasteiger partial charge in [0.05, 0.1) is 12.8 Å². The van der Waals surface area contributed by atoms with Gasteiger partial charge < -0.3 is 19.7 Å². The van der Waals surface area contributed by atoms with E-state index in [0.717, 1.165) is 24.3 Å². The van der Waals surface area contributed by atoms with Crippen LogP contribution in [0, 0.1) is 5.53 Å². The lowest BCUT2D eigenvalue weighted by molar-refractivity contribution is 0.0770. The van der Waals surface area contributed by atoms with Crippen molar-refractivity contribution in [3.05, 3.63) is 54.1 Å². The van der Waals surface area contributed by atoms with E-state index in [0.29, 0.717) is 33.9 Å². The first-order chi connectivity index (χ1) is 13.7. The summed E-state index contributed by atoms with van der Waals surface area (Å²) in [5.41, 5.74) is 9.74. The minimum atomic E-state index is -0.00251. The molecule has 146 valence electrons. The van der Waals surface area contributed by atoms with Gasteiger partial charge in [-0.25, -0.2) is 5.53 Å². The quantitative estimate of drug-likeness (QED) is 0.239.